The van der Waals surface area contributed by atoms with Crippen LogP contribution in [0.1, 0.15) is 24.2 Å². The Labute approximate surface area is 183 Å². The normalized spacial score (nSPS) is 15.0. The number of halogens is 1. The van der Waals surface area contributed by atoms with Gasteiger partial charge in [0.1, 0.15) is 34.4 Å². The summed E-state index contributed by atoms with van der Waals surface area (Å²) in [5.74, 6) is 1.56. The van der Waals surface area contributed by atoms with Crippen LogP contribution < -0.4 is 15.0 Å². The van der Waals surface area contributed by atoms with E-state index in [1.807, 2.05) is 26.0 Å². The van der Waals surface area contributed by atoms with Crippen molar-refractivity contribution in [1.82, 2.24) is 5.32 Å². The van der Waals surface area contributed by atoms with Crippen molar-refractivity contribution in [2.24, 2.45) is 0 Å². The highest BCUT2D eigenvalue weighted by molar-refractivity contribution is 7.91. The molecule has 0 radical (unpaired) electrons. The largest absolute Gasteiger partial charge is 0.616 e. The zero-order valence-corrected chi connectivity index (χ0v) is 18.6. The van der Waals surface area contributed by atoms with Gasteiger partial charge in [0.25, 0.3) is 5.91 Å². The molecule has 1 aromatic heterocycles. The van der Waals surface area contributed by atoms with Gasteiger partial charge in [0.15, 0.2) is 0 Å². The predicted octanol–water partition coefficient (Wildman–Crippen LogP) is 3.95. The minimum Gasteiger partial charge on any atom is -0.616 e. The van der Waals surface area contributed by atoms with Crippen molar-refractivity contribution in [3.63, 3.8) is 0 Å². The molecule has 4 rings (SSSR count). The Balaban J connectivity index is 1.90. The van der Waals surface area contributed by atoms with Crippen LogP contribution in [0.15, 0.2) is 40.8 Å². The van der Waals surface area contributed by atoms with Gasteiger partial charge >= 0.3 is 0 Å². The van der Waals surface area contributed by atoms with Crippen molar-refractivity contribution in [3.8, 4) is 17.1 Å². The number of furan rings is 1. The first-order valence-electron chi connectivity index (χ1n) is 10.2. The highest BCUT2D eigenvalue weighted by Gasteiger charge is 2.27. The molecule has 0 spiro atoms. The molecular weight excluding hydrogens is 419 g/mol. The van der Waals surface area contributed by atoms with E-state index in [0.717, 1.165) is 5.69 Å². The molecule has 0 atom stereocenters. The highest BCUT2D eigenvalue weighted by atomic mass is 32.2. The third-order valence-electron chi connectivity index (χ3n) is 5.21. The van der Waals surface area contributed by atoms with Gasteiger partial charge in [-0.2, -0.15) is 0 Å². The van der Waals surface area contributed by atoms with Crippen molar-refractivity contribution < 1.29 is 22.9 Å². The first-order chi connectivity index (χ1) is 14.9. The number of hydrogen-bond acceptors (Lipinski definition) is 5. The minimum absolute atomic E-state index is 0.0676. The van der Waals surface area contributed by atoms with Crippen LogP contribution in [0.3, 0.4) is 0 Å². The number of nitrogens with one attached hydrogen (secondary N) is 1. The number of carbonyl (C=O) groups excluding carboxylic acids is 1. The van der Waals surface area contributed by atoms with Crippen molar-refractivity contribution in [2.45, 2.75) is 20.0 Å². The molecule has 31 heavy (non-hydrogen) atoms. The molecule has 1 amide bonds. The lowest BCUT2D eigenvalue weighted by Gasteiger charge is -2.31. The van der Waals surface area contributed by atoms with E-state index in [9.17, 15) is 13.7 Å². The fraction of sp³-hybridized carbons (Fsp3) is 0.348. The molecule has 164 valence electrons. The molecule has 1 N–H and O–H groups in total. The standard InChI is InChI=1S/C23H25FN2O4S/c1-14(2)29-20-12-17-19(13-18(20)26-8-10-31(28)11-9-26)30-22(21(17)23(27)25-3)15-4-6-16(24)7-5-15/h4-7,12-14H,8-11H2,1-3H3,(H,25,27). The maximum Gasteiger partial charge on any atom is 0.255 e. The fourth-order valence-electron chi connectivity index (χ4n) is 3.74. The molecular formula is C23H25FN2O4S. The van der Waals surface area contributed by atoms with Crippen LogP contribution in [0.4, 0.5) is 10.1 Å². The number of nitrogens with zero attached hydrogens (tertiary/aromatic N) is 1. The Morgan fingerprint density at radius 2 is 1.90 bits per heavy atom. The molecule has 1 fully saturated rings. The van der Waals surface area contributed by atoms with E-state index in [4.69, 9.17) is 9.15 Å². The maximum absolute atomic E-state index is 13.4. The number of ether oxygens (including phenoxy) is 1. The van der Waals surface area contributed by atoms with Crippen LogP contribution >= 0.6 is 0 Å². The van der Waals surface area contributed by atoms with Gasteiger partial charge in [-0.25, -0.2) is 4.39 Å². The average molecular weight is 445 g/mol. The second-order valence-electron chi connectivity index (χ2n) is 7.71. The predicted molar refractivity (Wildman–Crippen MR) is 121 cm³/mol. The quantitative estimate of drug-likeness (QED) is 0.603. The van der Waals surface area contributed by atoms with Gasteiger partial charge in [-0.3, -0.25) is 4.79 Å². The second-order valence-corrected chi connectivity index (χ2v) is 9.41. The topological polar surface area (TPSA) is 77.8 Å². The zero-order chi connectivity index (χ0) is 22.1. The molecule has 8 heteroatoms. The van der Waals surface area contributed by atoms with E-state index in [1.165, 1.54) is 12.1 Å². The summed E-state index contributed by atoms with van der Waals surface area (Å²) < 4.78 is 37.5. The van der Waals surface area contributed by atoms with E-state index in [-0.39, 0.29) is 17.8 Å². The van der Waals surface area contributed by atoms with Crippen LogP contribution in [-0.2, 0) is 11.2 Å². The van der Waals surface area contributed by atoms with Gasteiger partial charge < -0.3 is 23.9 Å². The van der Waals surface area contributed by atoms with Crippen LogP contribution in [0.2, 0.25) is 0 Å². The first kappa shape index (κ1) is 21.5. The molecule has 2 heterocycles. The number of rotatable bonds is 5. The van der Waals surface area contributed by atoms with Gasteiger partial charge in [-0.05, 0) is 44.2 Å². The molecule has 0 unspecified atom stereocenters. The average Bonchev–Trinajstić information content (AvgIpc) is 3.11. The first-order valence-corrected chi connectivity index (χ1v) is 11.7. The molecule has 0 bridgehead atoms. The summed E-state index contributed by atoms with van der Waals surface area (Å²) in [7, 11) is 1.56. The summed E-state index contributed by atoms with van der Waals surface area (Å²) >= 11 is -0.803. The maximum atomic E-state index is 13.4. The third kappa shape index (κ3) is 4.36. The molecule has 2 aromatic carbocycles. The number of hydrogen-bond donors (Lipinski definition) is 1. The molecule has 0 saturated carbocycles. The fourth-order valence-corrected chi connectivity index (χ4v) is 4.79. The number of fused-ring (bicyclic) bond motifs is 1. The molecule has 1 aliphatic heterocycles. The van der Waals surface area contributed by atoms with Crippen LogP contribution in [-0.4, -0.2) is 48.2 Å². The van der Waals surface area contributed by atoms with Gasteiger partial charge in [0.2, 0.25) is 0 Å². The lowest BCUT2D eigenvalue weighted by molar-refractivity contribution is 0.0964. The highest BCUT2D eigenvalue weighted by Crippen LogP contribution is 2.41. The Kier molecular flexibility index (Phi) is 6.11. The Morgan fingerprint density at radius 3 is 2.52 bits per heavy atom. The summed E-state index contributed by atoms with van der Waals surface area (Å²) in [4.78, 5) is 14.9. The van der Waals surface area contributed by atoms with Crippen molar-refractivity contribution >= 4 is 33.7 Å². The van der Waals surface area contributed by atoms with Crippen molar-refractivity contribution in [3.05, 3.63) is 47.8 Å². The van der Waals surface area contributed by atoms with Gasteiger partial charge in [-0.1, -0.05) is 11.2 Å². The summed E-state index contributed by atoms with van der Waals surface area (Å²) in [5.41, 5.74) is 2.37. The van der Waals surface area contributed by atoms with Gasteiger partial charge in [0.05, 0.1) is 30.4 Å². The van der Waals surface area contributed by atoms with Crippen molar-refractivity contribution in [1.29, 1.82) is 0 Å². The van der Waals surface area contributed by atoms with Gasteiger partial charge in [-0.15, -0.1) is 0 Å². The molecule has 3 aromatic rings. The van der Waals surface area contributed by atoms with E-state index in [1.54, 1.807) is 19.2 Å². The zero-order valence-electron chi connectivity index (χ0n) is 17.7. The SMILES string of the molecule is CNC(=O)c1c(-c2ccc(F)cc2)oc2cc(N3CC[S+]([O-])CC3)c(OC(C)C)cc12. The van der Waals surface area contributed by atoms with Crippen LogP contribution in [0.5, 0.6) is 5.75 Å². The minimum atomic E-state index is -0.803. The summed E-state index contributed by atoms with van der Waals surface area (Å²) in [6.45, 7) is 5.19. The number of carbonyl (C=O) groups is 1. The number of amides is 1. The summed E-state index contributed by atoms with van der Waals surface area (Å²) in [6, 6.07) is 9.56. The summed E-state index contributed by atoms with van der Waals surface area (Å²) in [6.07, 6.45) is -0.0676. The van der Waals surface area contributed by atoms with Crippen molar-refractivity contribution in [2.75, 3.05) is 36.5 Å². The number of benzene rings is 2. The lowest BCUT2D eigenvalue weighted by Crippen LogP contribution is -2.40. The lowest BCUT2D eigenvalue weighted by atomic mass is 10.0. The van der Waals surface area contributed by atoms with E-state index in [2.05, 4.69) is 10.2 Å². The Hall–Kier alpha value is -2.71. The number of anilines is 1. The third-order valence-corrected chi connectivity index (χ3v) is 6.49. The molecule has 1 aliphatic rings. The Morgan fingerprint density at radius 1 is 1.23 bits per heavy atom. The molecule has 6 nitrogen and oxygen atoms in total. The van der Waals surface area contributed by atoms with Gasteiger partial charge in [0, 0.05) is 24.1 Å². The van der Waals surface area contributed by atoms with Crippen LogP contribution in [0.25, 0.3) is 22.3 Å². The molecule has 0 aliphatic carbocycles. The summed E-state index contributed by atoms with van der Waals surface area (Å²) in [5, 5.41) is 3.29. The van der Waals surface area contributed by atoms with E-state index >= 15 is 0 Å². The second kappa shape index (κ2) is 8.80. The van der Waals surface area contributed by atoms with Crippen LogP contribution in [0, 0.1) is 5.82 Å². The van der Waals surface area contributed by atoms with E-state index < -0.39 is 11.2 Å². The monoisotopic (exact) mass is 444 g/mol. The molecule has 1 saturated heterocycles. The Bertz CT molecular complexity index is 1090. The van der Waals surface area contributed by atoms with E-state index in [0.29, 0.717) is 58.2 Å². The smallest absolute Gasteiger partial charge is 0.255 e.